The Morgan fingerprint density at radius 3 is 2.31 bits per heavy atom. The highest BCUT2D eigenvalue weighted by Gasteiger charge is 2.32. The number of halogens is 4. The van der Waals surface area contributed by atoms with Crippen LogP contribution in [0, 0.1) is 0 Å². The number of carboxylic acid groups (broad SMARTS) is 1. The van der Waals surface area contributed by atoms with Crippen molar-refractivity contribution >= 4 is 21.9 Å². The van der Waals surface area contributed by atoms with Crippen molar-refractivity contribution in [2.24, 2.45) is 0 Å². The van der Waals surface area contributed by atoms with Crippen LogP contribution >= 0.6 is 15.9 Å². The molecule has 88 valence electrons. The fraction of sp³-hybridized carbons (Fsp3) is 0.222. The van der Waals surface area contributed by atoms with Gasteiger partial charge in [-0.2, -0.15) is 13.2 Å². The zero-order valence-electron chi connectivity index (χ0n) is 7.62. The van der Waals surface area contributed by atoms with E-state index in [2.05, 4.69) is 15.9 Å². The molecule has 0 aromatic heterocycles. The van der Waals surface area contributed by atoms with E-state index in [-0.39, 0.29) is 10.0 Å². The molecule has 1 atom stereocenters. The molecule has 0 unspecified atom stereocenters. The lowest BCUT2D eigenvalue weighted by Crippen LogP contribution is -2.12. The van der Waals surface area contributed by atoms with Crippen molar-refractivity contribution in [1.82, 2.24) is 0 Å². The molecule has 0 radical (unpaired) electrons. The molecule has 0 aliphatic heterocycles. The minimum Gasteiger partial charge on any atom is -0.479 e. The maximum absolute atomic E-state index is 12.4. The summed E-state index contributed by atoms with van der Waals surface area (Å²) in [6.45, 7) is 0. The second-order valence-corrected chi connectivity index (χ2v) is 3.93. The molecule has 7 heteroatoms. The predicted octanol–water partition coefficient (Wildman–Crippen LogP) is 2.59. The number of aliphatic hydroxyl groups is 1. The molecular formula is C9H6BrF3O3. The number of carboxylic acids is 1. The quantitative estimate of drug-likeness (QED) is 0.882. The SMILES string of the molecule is O=C(O)[C@@H](O)c1cc(Br)cc(C(F)(F)F)c1. The molecule has 0 aliphatic carbocycles. The zero-order chi connectivity index (χ0) is 12.5. The van der Waals surface area contributed by atoms with E-state index >= 15 is 0 Å². The van der Waals surface area contributed by atoms with Crippen LogP contribution in [0.4, 0.5) is 13.2 Å². The first-order chi connectivity index (χ1) is 7.21. The predicted molar refractivity (Wildman–Crippen MR) is 51.7 cm³/mol. The summed E-state index contributed by atoms with van der Waals surface area (Å²) in [6, 6.07) is 2.52. The number of hydrogen-bond donors (Lipinski definition) is 2. The first kappa shape index (κ1) is 13.0. The molecule has 0 fully saturated rings. The fourth-order valence-corrected chi connectivity index (χ4v) is 1.59. The van der Waals surface area contributed by atoms with Crippen molar-refractivity contribution < 1.29 is 28.2 Å². The summed E-state index contributed by atoms with van der Waals surface area (Å²) in [7, 11) is 0. The maximum atomic E-state index is 12.4. The van der Waals surface area contributed by atoms with Gasteiger partial charge in [-0.15, -0.1) is 0 Å². The van der Waals surface area contributed by atoms with Crippen LogP contribution in [0.1, 0.15) is 17.2 Å². The van der Waals surface area contributed by atoms with Gasteiger partial charge < -0.3 is 10.2 Å². The van der Waals surface area contributed by atoms with Crippen LogP contribution in [0.25, 0.3) is 0 Å². The minimum atomic E-state index is -4.59. The smallest absolute Gasteiger partial charge is 0.416 e. The number of aliphatic hydroxyl groups excluding tert-OH is 1. The van der Waals surface area contributed by atoms with Gasteiger partial charge in [0.05, 0.1) is 5.56 Å². The Balaban J connectivity index is 3.23. The van der Waals surface area contributed by atoms with Crippen LogP contribution in [0.15, 0.2) is 22.7 Å². The van der Waals surface area contributed by atoms with E-state index in [0.29, 0.717) is 6.07 Å². The van der Waals surface area contributed by atoms with E-state index in [4.69, 9.17) is 10.2 Å². The van der Waals surface area contributed by atoms with E-state index in [9.17, 15) is 18.0 Å². The molecule has 0 saturated carbocycles. The summed E-state index contributed by atoms with van der Waals surface area (Å²) in [6.07, 6.45) is -6.56. The largest absolute Gasteiger partial charge is 0.479 e. The Morgan fingerprint density at radius 2 is 1.88 bits per heavy atom. The first-order valence-electron chi connectivity index (χ1n) is 4.00. The van der Waals surface area contributed by atoms with Crippen LogP contribution < -0.4 is 0 Å². The molecule has 0 heterocycles. The number of benzene rings is 1. The van der Waals surface area contributed by atoms with Crippen molar-refractivity contribution in [2.45, 2.75) is 12.3 Å². The molecule has 1 aromatic carbocycles. The first-order valence-corrected chi connectivity index (χ1v) is 4.79. The average Bonchev–Trinajstić information content (AvgIpc) is 2.14. The van der Waals surface area contributed by atoms with Crippen molar-refractivity contribution in [1.29, 1.82) is 0 Å². The second kappa shape index (κ2) is 4.42. The molecule has 0 amide bonds. The normalized spacial score (nSPS) is 13.6. The number of hydrogen-bond acceptors (Lipinski definition) is 2. The third-order valence-electron chi connectivity index (χ3n) is 1.80. The highest BCUT2D eigenvalue weighted by atomic mass is 79.9. The molecule has 1 rings (SSSR count). The summed E-state index contributed by atoms with van der Waals surface area (Å²) in [5.41, 5.74) is -1.34. The van der Waals surface area contributed by atoms with Gasteiger partial charge in [-0.05, 0) is 23.8 Å². The molecule has 0 spiro atoms. The van der Waals surface area contributed by atoms with Gasteiger partial charge in [0.2, 0.25) is 0 Å². The van der Waals surface area contributed by atoms with Gasteiger partial charge in [0.1, 0.15) is 0 Å². The Hall–Kier alpha value is -1.08. The Morgan fingerprint density at radius 1 is 1.31 bits per heavy atom. The van der Waals surface area contributed by atoms with E-state index in [1.807, 2.05) is 0 Å². The molecular weight excluding hydrogens is 293 g/mol. The summed E-state index contributed by atoms with van der Waals surface area (Å²) in [4.78, 5) is 10.4. The van der Waals surface area contributed by atoms with E-state index in [0.717, 1.165) is 12.1 Å². The van der Waals surface area contributed by atoms with Gasteiger partial charge in [0, 0.05) is 4.47 Å². The van der Waals surface area contributed by atoms with Crippen molar-refractivity contribution in [3.63, 3.8) is 0 Å². The van der Waals surface area contributed by atoms with Gasteiger partial charge in [0.25, 0.3) is 0 Å². The zero-order valence-corrected chi connectivity index (χ0v) is 9.21. The van der Waals surface area contributed by atoms with Gasteiger partial charge in [-0.25, -0.2) is 4.79 Å². The van der Waals surface area contributed by atoms with Gasteiger partial charge in [-0.3, -0.25) is 0 Å². The number of alkyl halides is 3. The maximum Gasteiger partial charge on any atom is 0.416 e. The number of aliphatic carboxylic acids is 1. The molecule has 3 nitrogen and oxygen atoms in total. The highest BCUT2D eigenvalue weighted by molar-refractivity contribution is 9.10. The molecule has 16 heavy (non-hydrogen) atoms. The van der Waals surface area contributed by atoms with Crippen LogP contribution in [0.3, 0.4) is 0 Å². The van der Waals surface area contributed by atoms with Gasteiger partial charge in [-0.1, -0.05) is 15.9 Å². The lowest BCUT2D eigenvalue weighted by Gasteiger charge is -2.11. The molecule has 1 aromatic rings. The minimum absolute atomic E-state index is 0.0534. The van der Waals surface area contributed by atoms with E-state index in [1.165, 1.54) is 0 Å². The topological polar surface area (TPSA) is 57.5 Å². The van der Waals surface area contributed by atoms with Crippen molar-refractivity contribution in [3.05, 3.63) is 33.8 Å². The Labute approximate surface area is 96.6 Å². The summed E-state index contributed by atoms with van der Waals surface area (Å²) in [5, 5.41) is 17.6. The van der Waals surface area contributed by atoms with Crippen LogP contribution in [0.2, 0.25) is 0 Å². The van der Waals surface area contributed by atoms with Crippen LogP contribution in [0.5, 0.6) is 0 Å². The third-order valence-corrected chi connectivity index (χ3v) is 2.25. The Bertz CT molecular complexity index is 417. The third kappa shape index (κ3) is 2.96. The van der Waals surface area contributed by atoms with Gasteiger partial charge in [0.15, 0.2) is 6.10 Å². The summed E-state index contributed by atoms with van der Waals surface area (Å²) < 4.78 is 37.1. The van der Waals surface area contributed by atoms with Gasteiger partial charge >= 0.3 is 12.1 Å². The van der Waals surface area contributed by atoms with Crippen LogP contribution in [-0.2, 0) is 11.0 Å². The van der Waals surface area contributed by atoms with E-state index in [1.54, 1.807) is 0 Å². The number of carbonyl (C=O) groups is 1. The van der Waals surface area contributed by atoms with E-state index < -0.39 is 23.8 Å². The van der Waals surface area contributed by atoms with Crippen molar-refractivity contribution in [2.75, 3.05) is 0 Å². The average molecular weight is 299 g/mol. The molecule has 0 saturated heterocycles. The summed E-state index contributed by atoms with van der Waals surface area (Å²) >= 11 is 2.82. The van der Waals surface area contributed by atoms with Crippen molar-refractivity contribution in [3.8, 4) is 0 Å². The lowest BCUT2D eigenvalue weighted by molar-refractivity contribution is -0.147. The molecule has 2 N–H and O–H groups in total. The summed E-state index contributed by atoms with van der Waals surface area (Å²) in [5.74, 6) is -1.61. The van der Waals surface area contributed by atoms with Crippen LogP contribution in [-0.4, -0.2) is 16.2 Å². The molecule has 0 bridgehead atoms. The Kier molecular flexibility index (Phi) is 3.59. The molecule has 0 aliphatic rings. The fourth-order valence-electron chi connectivity index (χ4n) is 1.08. The monoisotopic (exact) mass is 298 g/mol. The second-order valence-electron chi connectivity index (χ2n) is 3.01. The standard InChI is InChI=1S/C9H6BrF3O3/c10-6-2-4(7(14)8(15)16)1-5(3-6)9(11,12)13/h1-3,7,14H,(H,15,16)/t7-/m0/s1. The number of rotatable bonds is 2. The lowest BCUT2D eigenvalue weighted by atomic mass is 10.1. The highest BCUT2D eigenvalue weighted by Crippen LogP contribution is 2.33.